The van der Waals surface area contributed by atoms with Gasteiger partial charge in [-0.25, -0.2) is 13.4 Å². The number of nitrogens with one attached hydrogen (secondary N) is 1. The van der Waals surface area contributed by atoms with Crippen molar-refractivity contribution in [2.24, 2.45) is 21.0 Å². The summed E-state index contributed by atoms with van der Waals surface area (Å²) in [6.45, 7) is 0. The molecule has 0 atom stereocenters. The van der Waals surface area contributed by atoms with Crippen molar-refractivity contribution in [2.75, 3.05) is 5.32 Å². The number of aliphatic imine (C=N–C) groups is 1. The van der Waals surface area contributed by atoms with Gasteiger partial charge in [-0.1, -0.05) is 11.6 Å². The van der Waals surface area contributed by atoms with Gasteiger partial charge in [0.25, 0.3) is 10.1 Å². The molecule has 0 saturated heterocycles. The van der Waals surface area contributed by atoms with Crippen molar-refractivity contribution >= 4 is 66.4 Å². The molecule has 3 aromatic rings. The molecule has 0 spiro atoms. The van der Waals surface area contributed by atoms with Gasteiger partial charge in [0.15, 0.2) is 5.82 Å². The van der Waals surface area contributed by atoms with Gasteiger partial charge in [0.05, 0.1) is 16.6 Å². The molecule has 0 amide bonds. The molecule has 3 rings (SSSR count). The number of nitrogens with two attached hydrogens (primary N) is 1. The molecular weight excluding hydrogens is 598 g/mol. The standard InChI is InChI=1S/C17H12ClF2N7O7S2.2Na/c18-13-14(19)24-16(20)25-15(13)22-7-1-3-9(11(5-7)23-17(21)28)26-27-10-4-2-8(35(29,30)31)6-12(10)36(32,33)34;;/h1-6H,(H3,21,23,28)(H,22,24,25)(H,29,30,31)(H,32,33,34);;/q;2*+1/p-2. The Kier molecular flexibility index (Phi) is 12.1. The largest absolute Gasteiger partial charge is 1.00 e. The summed E-state index contributed by atoms with van der Waals surface area (Å²) in [5.74, 6) is -1.81. The van der Waals surface area contributed by atoms with E-state index in [0.717, 1.165) is 18.2 Å². The van der Waals surface area contributed by atoms with Crippen LogP contribution in [0.3, 0.4) is 0 Å². The zero-order valence-electron chi connectivity index (χ0n) is 19.1. The van der Waals surface area contributed by atoms with E-state index in [-0.39, 0.29) is 76.2 Å². The van der Waals surface area contributed by atoms with Crippen LogP contribution in [-0.2, 0) is 20.2 Å². The van der Waals surface area contributed by atoms with E-state index in [9.17, 15) is 39.8 Å². The van der Waals surface area contributed by atoms with Crippen LogP contribution < -0.4 is 75.3 Å². The third kappa shape index (κ3) is 8.85. The number of benzene rings is 2. The number of hydrogen-bond acceptors (Lipinski definition) is 12. The van der Waals surface area contributed by atoms with Crippen LogP contribution in [0, 0.1) is 12.0 Å². The van der Waals surface area contributed by atoms with Crippen molar-refractivity contribution in [1.29, 1.82) is 0 Å². The SMILES string of the molecule is NC([O-])=Nc1cc(Nc2nc(F)nc(F)c2Cl)ccc1N=Nc1ccc(S(=O)(=O)[O-])cc1S(=O)(=O)O.[Na+].[Na+]. The first-order valence-electron chi connectivity index (χ1n) is 8.95. The zero-order chi connectivity index (χ0) is 26.8. The van der Waals surface area contributed by atoms with Gasteiger partial charge in [-0.15, -0.1) is 10.2 Å². The van der Waals surface area contributed by atoms with E-state index in [1.54, 1.807) is 0 Å². The zero-order valence-corrected chi connectivity index (χ0v) is 25.5. The van der Waals surface area contributed by atoms with Crippen LogP contribution in [0.25, 0.3) is 0 Å². The predicted octanol–water partition coefficient (Wildman–Crippen LogP) is -3.97. The number of amidine groups is 1. The molecule has 1 aromatic heterocycles. The van der Waals surface area contributed by atoms with Gasteiger partial charge < -0.3 is 20.7 Å². The normalized spacial score (nSPS) is 12.1. The Morgan fingerprint density at radius 1 is 1.00 bits per heavy atom. The maximum Gasteiger partial charge on any atom is 1.00 e. The first kappa shape index (κ1) is 34.2. The van der Waals surface area contributed by atoms with E-state index in [4.69, 9.17) is 17.3 Å². The number of nitrogens with zero attached hydrogens (tertiary/aromatic N) is 5. The van der Waals surface area contributed by atoms with Crippen LogP contribution in [0.5, 0.6) is 0 Å². The van der Waals surface area contributed by atoms with Crippen LogP contribution in [0.15, 0.2) is 61.4 Å². The van der Waals surface area contributed by atoms with Crippen LogP contribution in [0.4, 0.5) is 37.3 Å². The number of aromatic nitrogens is 2. The molecule has 0 fully saturated rings. The molecule has 38 heavy (non-hydrogen) atoms. The van der Waals surface area contributed by atoms with Gasteiger partial charge in [-0.3, -0.25) is 4.55 Å². The van der Waals surface area contributed by atoms with Gasteiger partial charge in [0, 0.05) is 5.69 Å². The van der Waals surface area contributed by atoms with E-state index in [0.29, 0.717) is 6.07 Å². The Hall–Kier alpha value is -1.84. The summed E-state index contributed by atoms with van der Waals surface area (Å²) in [5, 5.41) is 20.5. The average molecular weight is 608 g/mol. The van der Waals surface area contributed by atoms with E-state index < -0.39 is 64.6 Å². The summed E-state index contributed by atoms with van der Waals surface area (Å²) >= 11 is 5.69. The van der Waals surface area contributed by atoms with Gasteiger partial charge in [0.1, 0.15) is 31.4 Å². The Labute approximate surface area is 262 Å². The molecule has 14 nitrogen and oxygen atoms in total. The van der Waals surface area contributed by atoms with E-state index >= 15 is 0 Å². The van der Waals surface area contributed by atoms with Crippen molar-refractivity contribution in [2.45, 2.75) is 9.79 Å². The fourth-order valence-electron chi connectivity index (χ4n) is 2.55. The third-order valence-electron chi connectivity index (χ3n) is 4.02. The molecule has 0 aliphatic carbocycles. The molecule has 4 N–H and O–H groups in total. The Balaban J connectivity index is 0.00000361. The Morgan fingerprint density at radius 3 is 2.18 bits per heavy atom. The van der Waals surface area contributed by atoms with Crippen LogP contribution in [0.2, 0.25) is 5.02 Å². The van der Waals surface area contributed by atoms with Gasteiger partial charge in [-0.2, -0.15) is 27.2 Å². The monoisotopic (exact) mass is 607 g/mol. The van der Waals surface area contributed by atoms with Crippen LogP contribution in [0.1, 0.15) is 0 Å². The number of rotatable bonds is 7. The van der Waals surface area contributed by atoms with Crippen molar-refractivity contribution in [3.63, 3.8) is 0 Å². The van der Waals surface area contributed by atoms with Gasteiger partial charge in [-0.05, 0) is 36.4 Å². The minimum Gasteiger partial charge on any atom is -0.846 e. The van der Waals surface area contributed by atoms with Crippen molar-refractivity contribution in [3.05, 3.63) is 53.4 Å². The van der Waals surface area contributed by atoms with E-state index in [1.807, 2.05) is 0 Å². The van der Waals surface area contributed by atoms with Crippen LogP contribution >= 0.6 is 11.6 Å². The second-order valence-electron chi connectivity index (χ2n) is 6.48. The molecule has 0 aliphatic heterocycles. The minimum atomic E-state index is -5.07. The van der Waals surface area contributed by atoms with Crippen LogP contribution in [-0.4, -0.2) is 41.9 Å². The summed E-state index contributed by atoms with van der Waals surface area (Å²) in [6.07, 6.45) is -1.42. The fourth-order valence-corrected chi connectivity index (χ4v) is 3.91. The second-order valence-corrected chi connectivity index (χ2v) is 9.63. The van der Waals surface area contributed by atoms with Gasteiger partial charge >= 0.3 is 65.2 Å². The number of hydrogen-bond donors (Lipinski definition) is 3. The Morgan fingerprint density at radius 2 is 1.61 bits per heavy atom. The first-order chi connectivity index (χ1) is 16.6. The maximum absolute atomic E-state index is 13.5. The van der Waals surface area contributed by atoms with Crippen molar-refractivity contribution in [3.8, 4) is 0 Å². The molecule has 2 aromatic carbocycles. The van der Waals surface area contributed by atoms with E-state index in [1.165, 1.54) is 12.1 Å². The van der Waals surface area contributed by atoms with Gasteiger partial charge in [0.2, 0.25) is 5.95 Å². The summed E-state index contributed by atoms with van der Waals surface area (Å²) in [5.41, 5.74) is 4.06. The molecular formula is C17H10ClF2N7Na2O7S2. The first-order valence-corrected chi connectivity index (χ1v) is 12.2. The van der Waals surface area contributed by atoms with Crippen molar-refractivity contribution in [1.82, 2.24) is 9.97 Å². The topological polar surface area (TPSA) is 236 Å². The predicted molar refractivity (Wildman–Crippen MR) is 116 cm³/mol. The molecule has 21 heteroatoms. The minimum absolute atomic E-state index is 0. The average Bonchev–Trinajstić information content (AvgIpc) is 2.75. The molecule has 190 valence electrons. The number of halogens is 3. The molecule has 1 heterocycles. The summed E-state index contributed by atoms with van der Waals surface area (Å²) < 4.78 is 93.0. The molecule has 0 unspecified atom stereocenters. The molecule has 0 bridgehead atoms. The second kappa shape index (κ2) is 13.5. The summed E-state index contributed by atoms with van der Waals surface area (Å²) in [7, 11) is -10.1. The number of azo groups is 1. The molecule has 0 aliphatic rings. The smallest absolute Gasteiger partial charge is 0.846 e. The summed E-state index contributed by atoms with van der Waals surface area (Å²) in [6, 6.07) is 4.25. The quantitative estimate of drug-likeness (QED) is 0.0445. The van der Waals surface area contributed by atoms with Crippen molar-refractivity contribution < 1.29 is 98.9 Å². The molecule has 0 radical (unpaired) electrons. The maximum atomic E-state index is 13.5. The number of anilines is 2. The third-order valence-corrected chi connectivity index (χ3v) is 6.06. The fraction of sp³-hybridized carbons (Fsp3) is 0. The van der Waals surface area contributed by atoms with E-state index in [2.05, 4.69) is 30.5 Å². The summed E-state index contributed by atoms with van der Waals surface area (Å²) in [4.78, 5) is 7.61. The molecule has 0 saturated carbocycles. The Bertz CT molecular complexity index is 1640.